The summed E-state index contributed by atoms with van der Waals surface area (Å²) in [4.78, 5) is 0. The average molecular weight is 73.1 g/mol. The molecule has 29 valence electrons. The van der Waals surface area contributed by atoms with Gasteiger partial charge in [-0.3, -0.25) is 0 Å². The highest BCUT2D eigenvalue weighted by Crippen LogP contribution is 2.31. The minimum atomic E-state index is -0.560. The van der Waals surface area contributed by atoms with Crippen LogP contribution in [0.15, 0.2) is 0 Å². The molecule has 1 radical (unpaired) electrons. The lowest BCUT2D eigenvalue weighted by atomic mass is 10.5. The van der Waals surface area contributed by atoms with Crippen LogP contribution in [0.2, 0.25) is 0 Å². The highest BCUT2D eigenvalue weighted by molar-refractivity contribution is 4.87. The summed E-state index contributed by atoms with van der Waals surface area (Å²) in [5.74, 6) is 0.134. The van der Waals surface area contributed by atoms with Gasteiger partial charge in [0.15, 0.2) is 0 Å². The Bertz CT molecular complexity index is 36.9. The molecular weight excluding hydrogens is 67.0 g/mol. The molecule has 1 saturated carbocycles. The molecule has 0 nitrogen and oxygen atoms in total. The summed E-state index contributed by atoms with van der Waals surface area (Å²) in [5.41, 5.74) is 0. The molecule has 1 rings (SSSR count). The van der Waals surface area contributed by atoms with E-state index in [9.17, 15) is 4.39 Å². The number of hydrogen-bond acceptors (Lipinski definition) is 0. The SMILES string of the molecule is [CH2]C1CC1F. The van der Waals surface area contributed by atoms with Crippen LogP contribution in [0.5, 0.6) is 0 Å². The number of alkyl halides is 1. The van der Waals surface area contributed by atoms with E-state index in [0.29, 0.717) is 6.42 Å². The van der Waals surface area contributed by atoms with Crippen molar-refractivity contribution < 1.29 is 4.39 Å². The Kier molecular flexibility index (Phi) is 0.440. The summed E-state index contributed by atoms with van der Waals surface area (Å²) in [7, 11) is 0. The summed E-state index contributed by atoms with van der Waals surface area (Å²) in [6.07, 6.45) is 0.134. The maximum atomic E-state index is 11.4. The van der Waals surface area contributed by atoms with Gasteiger partial charge in [0.25, 0.3) is 0 Å². The van der Waals surface area contributed by atoms with E-state index >= 15 is 0 Å². The molecule has 2 unspecified atom stereocenters. The Morgan fingerprint density at radius 3 is 2.00 bits per heavy atom. The van der Waals surface area contributed by atoms with Gasteiger partial charge in [-0.1, -0.05) is 0 Å². The van der Waals surface area contributed by atoms with Crippen molar-refractivity contribution in [3.8, 4) is 0 Å². The van der Waals surface area contributed by atoms with Gasteiger partial charge in [0.2, 0.25) is 0 Å². The van der Waals surface area contributed by atoms with Crippen molar-refractivity contribution in [2.45, 2.75) is 12.6 Å². The molecule has 0 bridgehead atoms. The molecule has 0 aromatic rings. The van der Waals surface area contributed by atoms with Gasteiger partial charge in [-0.05, 0) is 19.3 Å². The molecule has 5 heavy (non-hydrogen) atoms. The first-order valence-corrected chi connectivity index (χ1v) is 1.78. The Morgan fingerprint density at radius 1 is 1.80 bits per heavy atom. The van der Waals surface area contributed by atoms with Crippen molar-refractivity contribution >= 4 is 0 Å². The summed E-state index contributed by atoms with van der Waals surface area (Å²) >= 11 is 0. The van der Waals surface area contributed by atoms with Gasteiger partial charge in [-0.25, -0.2) is 4.39 Å². The topological polar surface area (TPSA) is 0 Å². The smallest absolute Gasteiger partial charge is 0.103 e. The van der Waals surface area contributed by atoms with E-state index in [4.69, 9.17) is 0 Å². The van der Waals surface area contributed by atoms with E-state index in [1.54, 1.807) is 0 Å². The lowest BCUT2D eigenvalue weighted by Gasteiger charge is -1.63. The van der Waals surface area contributed by atoms with Gasteiger partial charge in [0.05, 0.1) is 0 Å². The van der Waals surface area contributed by atoms with E-state index in [0.717, 1.165) is 0 Å². The van der Waals surface area contributed by atoms with Crippen molar-refractivity contribution in [1.82, 2.24) is 0 Å². The summed E-state index contributed by atoms with van der Waals surface area (Å²) < 4.78 is 11.4. The fourth-order valence-electron chi connectivity index (χ4n) is 0.211. The molecule has 0 spiro atoms. The van der Waals surface area contributed by atoms with Crippen LogP contribution in [0.25, 0.3) is 0 Å². The van der Waals surface area contributed by atoms with Crippen molar-refractivity contribution in [3.63, 3.8) is 0 Å². The van der Waals surface area contributed by atoms with Crippen LogP contribution < -0.4 is 0 Å². The zero-order chi connectivity index (χ0) is 3.86. The predicted molar refractivity (Wildman–Crippen MR) is 18.4 cm³/mol. The van der Waals surface area contributed by atoms with Gasteiger partial charge in [0, 0.05) is 0 Å². The first-order valence-electron chi connectivity index (χ1n) is 1.78. The van der Waals surface area contributed by atoms with E-state index < -0.39 is 6.17 Å². The maximum absolute atomic E-state index is 11.4. The standard InChI is InChI=1S/C4H6F/c1-3-2-4(3)5/h3-4H,1-2H2. The van der Waals surface area contributed by atoms with Crippen LogP contribution >= 0.6 is 0 Å². The molecule has 1 aliphatic rings. The van der Waals surface area contributed by atoms with E-state index in [1.165, 1.54) is 0 Å². The molecule has 0 N–H and O–H groups in total. The fraction of sp³-hybridized carbons (Fsp3) is 0.750. The molecule has 0 amide bonds. The molecule has 0 aromatic carbocycles. The van der Waals surface area contributed by atoms with Gasteiger partial charge in [-0.15, -0.1) is 0 Å². The van der Waals surface area contributed by atoms with Crippen LogP contribution in [0.1, 0.15) is 6.42 Å². The van der Waals surface area contributed by atoms with Crippen molar-refractivity contribution in [2.24, 2.45) is 5.92 Å². The second kappa shape index (κ2) is 0.703. The third kappa shape index (κ3) is 0.416. The molecule has 1 heteroatoms. The van der Waals surface area contributed by atoms with Gasteiger partial charge < -0.3 is 0 Å². The van der Waals surface area contributed by atoms with Crippen LogP contribution in [-0.4, -0.2) is 6.17 Å². The quantitative estimate of drug-likeness (QED) is 0.404. The van der Waals surface area contributed by atoms with Crippen molar-refractivity contribution in [1.29, 1.82) is 0 Å². The molecule has 1 fully saturated rings. The molecule has 2 atom stereocenters. The van der Waals surface area contributed by atoms with E-state index in [1.807, 2.05) is 0 Å². The molecule has 0 aliphatic heterocycles. The van der Waals surface area contributed by atoms with Crippen LogP contribution in [0.4, 0.5) is 4.39 Å². The Labute approximate surface area is 31.0 Å². The first kappa shape index (κ1) is 3.13. The Morgan fingerprint density at radius 2 is 2.00 bits per heavy atom. The fourth-order valence-corrected chi connectivity index (χ4v) is 0.211. The lowest BCUT2D eigenvalue weighted by Crippen LogP contribution is -1.64. The third-order valence-corrected chi connectivity index (χ3v) is 0.836. The van der Waals surface area contributed by atoms with Crippen LogP contribution in [0, 0.1) is 12.8 Å². The largest absolute Gasteiger partial charge is 0.247 e. The van der Waals surface area contributed by atoms with Gasteiger partial charge in [0.1, 0.15) is 6.17 Å². The first-order chi connectivity index (χ1) is 2.30. The molecule has 0 aromatic heterocycles. The summed E-state index contributed by atoms with van der Waals surface area (Å²) in [6, 6.07) is 0. The summed E-state index contributed by atoms with van der Waals surface area (Å²) in [5, 5.41) is 0. The lowest BCUT2D eigenvalue weighted by molar-refractivity contribution is 0.462. The number of hydrogen-bond donors (Lipinski definition) is 0. The Hall–Kier alpha value is -0.0700. The molecular formula is C4H6F. The molecule has 0 saturated heterocycles. The number of rotatable bonds is 0. The van der Waals surface area contributed by atoms with E-state index in [-0.39, 0.29) is 5.92 Å². The van der Waals surface area contributed by atoms with E-state index in [2.05, 4.69) is 6.92 Å². The molecule has 0 heterocycles. The number of halogens is 1. The zero-order valence-corrected chi connectivity index (χ0v) is 2.95. The zero-order valence-electron chi connectivity index (χ0n) is 2.95. The minimum absolute atomic E-state index is 0.134. The Balaban J connectivity index is 2.20. The van der Waals surface area contributed by atoms with Crippen molar-refractivity contribution in [3.05, 3.63) is 6.92 Å². The second-order valence-electron chi connectivity index (χ2n) is 1.51. The highest BCUT2D eigenvalue weighted by atomic mass is 19.1. The van der Waals surface area contributed by atoms with Crippen LogP contribution in [0.3, 0.4) is 0 Å². The average Bonchev–Trinajstić information content (AvgIpc) is 1.79. The van der Waals surface area contributed by atoms with Crippen molar-refractivity contribution in [2.75, 3.05) is 0 Å². The minimum Gasteiger partial charge on any atom is -0.247 e. The third-order valence-electron chi connectivity index (χ3n) is 0.836. The van der Waals surface area contributed by atoms with Gasteiger partial charge in [-0.2, -0.15) is 0 Å². The predicted octanol–water partition coefficient (Wildman–Crippen LogP) is 1.18. The molecule has 1 aliphatic carbocycles. The normalized spacial score (nSPS) is 49.2. The highest BCUT2D eigenvalue weighted by Gasteiger charge is 2.32. The van der Waals surface area contributed by atoms with Gasteiger partial charge >= 0.3 is 0 Å². The van der Waals surface area contributed by atoms with Crippen LogP contribution in [-0.2, 0) is 0 Å². The monoisotopic (exact) mass is 73.0 g/mol. The summed E-state index contributed by atoms with van der Waals surface area (Å²) in [6.45, 7) is 3.46. The maximum Gasteiger partial charge on any atom is 0.103 e. The second-order valence-corrected chi connectivity index (χ2v) is 1.51.